The summed E-state index contributed by atoms with van der Waals surface area (Å²) >= 11 is 4.85. The first kappa shape index (κ1) is 15.2. The molecule has 0 spiro atoms. The summed E-state index contributed by atoms with van der Waals surface area (Å²) in [4.78, 5) is 13.4. The van der Waals surface area contributed by atoms with Gasteiger partial charge in [-0.15, -0.1) is 10.2 Å². The lowest BCUT2D eigenvalue weighted by Crippen LogP contribution is -2.23. The quantitative estimate of drug-likeness (QED) is 0.520. The van der Waals surface area contributed by atoms with Crippen molar-refractivity contribution in [3.8, 4) is 11.4 Å². The minimum Gasteiger partial charge on any atom is -0.267 e. The number of thiazole rings is 1. The lowest BCUT2D eigenvalue weighted by atomic mass is 10.1. The van der Waals surface area contributed by atoms with Gasteiger partial charge in [0.2, 0.25) is 4.96 Å². The van der Waals surface area contributed by atoms with Gasteiger partial charge in [0.05, 0.1) is 4.53 Å². The fourth-order valence-corrected chi connectivity index (χ4v) is 3.79. The third kappa shape index (κ3) is 2.57. The van der Waals surface area contributed by atoms with Crippen LogP contribution in [0.25, 0.3) is 22.4 Å². The van der Waals surface area contributed by atoms with Crippen LogP contribution in [-0.2, 0) is 0 Å². The van der Waals surface area contributed by atoms with E-state index in [0.717, 1.165) is 21.2 Å². The molecule has 6 heteroatoms. The van der Waals surface area contributed by atoms with Crippen LogP contribution in [-0.4, -0.2) is 14.6 Å². The van der Waals surface area contributed by atoms with Gasteiger partial charge in [-0.05, 0) is 24.6 Å². The smallest absolute Gasteiger partial charge is 0.267 e. The molecule has 24 heavy (non-hydrogen) atoms. The Labute approximate surface area is 150 Å². The summed E-state index contributed by atoms with van der Waals surface area (Å²) in [6, 6.07) is 15.7. The summed E-state index contributed by atoms with van der Waals surface area (Å²) in [5.74, 6) is 0.582. The van der Waals surface area contributed by atoms with Crippen molar-refractivity contribution in [3.63, 3.8) is 0 Å². The molecule has 0 amide bonds. The molecule has 4 aromatic rings. The molecule has 118 valence electrons. The lowest BCUT2D eigenvalue weighted by molar-refractivity contribution is 1.09. The highest BCUT2D eigenvalue weighted by atomic mass is 79.9. The number of halogens is 1. The van der Waals surface area contributed by atoms with Crippen LogP contribution in [0.4, 0.5) is 0 Å². The van der Waals surface area contributed by atoms with Crippen LogP contribution >= 0.6 is 27.3 Å². The van der Waals surface area contributed by atoms with Crippen LogP contribution in [0.2, 0.25) is 0 Å². The molecule has 0 radical (unpaired) electrons. The van der Waals surface area contributed by atoms with Crippen molar-refractivity contribution in [2.75, 3.05) is 0 Å². The highest BCUT2D eigenvalue weighted by Gasteiger charge is 2.14. The molecule has 0 aliphatic carbocycles. The molecule has 2 aromatic heterocycles. The molecule has 2 aromatic carbocycles. The molecule has 0 saturated heterocycles. The van der Waals surface area contributed by atoms with Gasteiger partial charge < -0.3 is 0 Å². The van der Waals surface area contributed by atoms with Gasteiger partial charge in [-0.25, -0.2) is 4.40 Å². The molecule has 0 aliphatic rings. The van der Waals surface area contributed by atoms with E-state index in [9.17, 15) is 4.79 Å². The van der Waals surface area contributed by atoms with Gasteiger partial charge in [0.15, 0.2) is 5.82 Å². The van der Waals surface area contributed by atoms with Crippen molar-refractivity contribution in [1.82, 2.24) is 14.6 Å². The molecule has 4 rings (SSSR count). The molecule has 4 nitrogen and oxygen atoms in total. The van der Waals surface area contributed by atoms with Gasteiger partial charge in [0.1, 0.15) is 0 Å². The van der Waals surface area contributed by atoms with E-state index >= 15 is 0 Å². The number of aryl methyl sites for hydroxylation is 1. The van der Waals surface area contributed by atoms with Crippen molar-refractivity contribution in [3.05, 3.63) is 79.0 Å². The number of aromatic nitrogens is 3. The topological polar surface area (TPSA) is 47.3 Å². The van der Waals surface area contributed by atoms with Crippen LogP contribution in [0.3, 0.4) is 0 Å². The van der Waals surface area contributed by atoms with Gasteiger partial charge in [-0.2, -0.15) is 0 Å². The number of fused-ring (bicyclic) bond motifs is 1. The van der Waals surface area contributed by atoms with Crippen LogP contribution in [0.5, 0.6) is 0 Å². The zero-order valence-corrected chi connectivity index (χ0v) is 15.1. The third-order valence-electron chi connectivity index (χ3n) is 3.75. The van der Waals surface area contributed by atoms with Crippen LogP contribution < -0.4 is 10.1 Å². The molecule has 0 N–H and O–H groups in total. The standard InChI is InChI=1S/C18H12BrN3OS/c1-11-6-8-12(9-7-11)16-20-21-18-22(16)17(23)15(24-18)10-13-4-2-3-5-14(13)19/h2-10H,1H3. The second-order valence-electron chi connectivity index (χ2n) is 5.44. The number of nitrogens with zero attached hydrogens (tertiary/aromatic N) is 3. The Morgan fingerprint density at radius 3 is 2.58 bits per heavy atom. The van der Waals surface area contributed by atoms with E-state index in [1.165, 1.54) is 11.3 Å². The largest absolute Gasteiger partial charge is 0.276 e. The highest BCUT2D eigenvalue weighted by Crippen LogP contribution is 2.19. The maximum atomic E-state index is 12.8. The monoisotopic (exact) mass is 397 g/mol. The van der Waals surface area contributed by atoms with E-state index < -0.39 is 0 Å². The molecule has 0 fully saturated rings. The minimum absolute atomic E-state index is 0.0914. The van der Waals surface area contributed by atoms with Gasteiger partial charge in [0.25, 0.3) is 5.56 Å². The number of benzene rings is 2. The van der Waals surface area contributed by atoms with Crippen LogP contribution in [0.15, 0.2) is 57.8 Å². The SMILES string of the molecule is Cc1ccc(-c2nnc3sc(=Cc4ccccc4Br)c(=O)n23)cc1. The maximum absolute atomic E-state index is 12.8. The molecular weight excluding hydrogens is 386 g/mol. The Morgan fingerprint density at radius 1 is 1.08 bits per heavy atom. The summed E-state index contributed by atoms with van der Waals surface area (Å²) in [5, 5.41) is 8.34. The predicted octanol–water partition coefficient (Wildman–Crippen LogP) is 3.44. The zero-order valence-electron chi connectivity index (χ0n) is 12.7. The molecular formula is C18H12BrN3OS. The molecule has 0 unspecified atom stereocenters. The number of rotatable bonds is 2. The average Bonchev–Trinajstić information content (AvgIpc) is 3.12. The summed E-state index contributed by atoms with van der Waals surface area (Å²) in [7, 11) is 0. The fourth-order valence-electron chi connectivity index (χ4n) is 2.49. The predicted molar refractivity (Wildman–Crippen MR) is 100 cm³/mol. The van der Waals surface area contributed by atoms with Gasteiger partial charge in [-0.1, -0.05) is 75.3 Å². The Kier molecular flexibility index (Phi) is 3.78. The first-order valence-corrected chi connectivity index (χ1v) is 8.95. The molecule has 0 bridgehead atoms. The zero-order chi connectivity index (χ0) is 16.7. The van der Waals surface area contributed by atoms with Crippen LogP contribution in [0, 0.1) is 6.92 Å². The Balaban J connectivity index is 1.93. The maximum Gasteiger partial charge on any atom is 0.276 e. The second-order valence-corrected chi connectivity index (χ2v) is 7.31. The van der Waals surface area contributed by atoms with E-state index in [4.69, 9.17) is 0 Å². The number of hydrogen-bond donors (Lipinski definition) is 0. The van der Waals surface area contributed by atoms with E-state index in [-0.39, 0.29) is 5.56 Å². The second kappa shape index (κ2) is 5.96. The molecule has 0 saturated carbocycles. The lowest BCUT2D eigenvalue weighted by Gasteiger charge is -1.97. The summed E-state index contributed by atoms with van der Waals surface area (Å²) in [6.07, 6.45) is 1.88. The van der Waals surface area contributed by atoms with Gasteiger partial charge in [0, 0.05) is 10.0 Å². The fraction of sp³-hybridized carbons (Fsp3) is 0.0556. The van der Waals surface area contributed by atoms with Crippen molar-refractivity contribution in [2.24, 2.45) is 0 Å². The van der Waals surface area contributed by atoms with E-state index in [0.29, 0.717) is 15.3 Å². The van der Waals surface area contributed by atoms with Gasteiger partial charge >= 0.3 is 0 Å². The van der Waals surface area contributed by atoms with Gasteiger partial charge in [-0.3, -0.25) is 4.79 Å². The molecule has 0 aliphatic heterocycles. The Hall–Kier alpha value is -2.31. The van der Waals surface area contributed by atoms with Crippen molar-refractivity contribution < 1.29 is 0 Å². The van der Waals surface area contributed by atoms with E-state index in [2.05, 4.69) is 26.1 Å². The van der Waals surface area contributed by atoms with Crippen molar-refractivity contribution in [2.45, 2.75) is 6.92 Å². The van der Waals surface area contributed by atoms with E-state index in [1.54, 1.807) is 4.40 Å². The summed E-state index contributed by atoms with van der Waals surface area (Å²) in [6.45, 7) is 2.03. The minimum atomic E-state index is -0.0914. The summed E-state index contributed by atoms with van der Waals surface area (Å²) in [5.41, 5.74) is 2.92. The van der Waals surface area contributed by atoms with E-state index in [1.807, 2.05) is 61.5 Å². The first-order valence-electron chi connectivity index (χ1n) is 7.35. The Morgan fingerprint density at radius 2 is 1.83 bits per heavy atom. The molecule has 2 heterocycles. The van der Waals surface area contributed by atoms with Crippen LogP contribution in [0.1, 0.15) is 11.1 Å². The van der Waals surface area contributed by atoms with Crippen molar-refractivity contribution in [1.29, 1.82) is 0 Å². The highest BCUT2D eigenvalue weighted by molar-refractivity contribution is 9.10. The first-order chi connectivity index (χ1) is 11.6. The normalized spacial score (nSPS) is 12.2. The number of hydrogen-bond acceptors (Lipinski definition) is 4. The third-order valence-corrected chi connectivity index (χ3v) is 5.43. The summed E-state index contributed by atoms with van der Waals surface area (Å²) < 4.78 is 3.17. The van der Waals surface area contributed by atoms with Crippen molar-refractivity contribution >= 4 is 38.3 Å². The Bertz CT molecular complexity index is 1150. The average molecular weight is 398 g/mol. The molecule has 0 atom stereocenters.